The Morgan fingerprint density at radius 1 is 1.26 bits per heavy atom. The van der Waals surface area contributed by atoms with Gasteiger partial charge in [0.25, 0.3) is 11.2 Å². The quantitative estimate of drug-likeness (QED) is 0.677. The Hall–Kier alpha value is -1.40. The van der Waals surface area contributed by atoms with Crippen molar-refractivity contribution in [2.45, 2.75) is 55.8 Å². The van der Waals surface area contributed by atoms with Crippen LogP contribution in [-0.2, 0) is 5.75 Å². The maximum Gasteiger partial charge on any atom is 0.290 e. The van der Waals surface area contributed by atoms with Crippen LogP contribution in [0.3, 0.4) is 0 Å². The summed E-state index contributed by atoms with van der Waals surface area (Å²) in [6.07, 6.45) is 3.56. The average Bonchev–Trinajstić information content (AvgIpc) is 2.87. The van der Waals surface area contributed by atoms with Gasteiger partial charge in [0.15, 0.2) is 0 Å². The van der Waals surface area contributed by atoms with Crippen LogP contribution in [0.4, 0.5) is 0 Å². The number of benzene rings is 1. The molecular weight excluding hydrogens is 332 g/mol. The van der Waals surface area contributed by atoms with Gasteiger partial charge in [-0.2, -0.15) is 0 Å². The molecule has 0 bridgehead atoms. The van der Waals surface area contributed by atoms with E-state index in [0.29, 0.717) is 17.8 Å². The van der Waals surface area contributed by atoms with Crippen molar-refractivity contribution in [1.82, 2.24) is 5.27 Å². The molecule has 1 aromatic carbocycles. The van der Waals surface area contributed by atoms with Crippen LogP contribution in [-0.4, -0.2) is 12.1 Å². The number of piperidine rings is 1. The van der Waals surface area contributed by atoms with Crippen LogP contribution in [0.15, 0.2) is 39.8 Å². The Morgan fingerprint density at radius 3 is 2.57 bits per heavy atom. The summed E-state index contributed by atoms with van der Waals surface area (Å²) < 4.78 is 5.16. The van der Waals surface area contributed by atoms with Crippen molar-refractivity contribution in [2.75, 3.05) is 5.01 Å². The minimum atomic E-state index is 0. The molecule has 1 aliphatic rings. The standard InChI is InChI=1S/C16H22N4OS.ClH/c1-12-7-6-8-13(2)19(12)20-15(16(17)21-18-20)11-22-14-9-4-3-5-10-14;/h3-5,9-10,12-13,17H,6-8,11H2,1-2H3;1H. The summed E-state index contributed by atoms with van der Waals surface area (Å²) in [5.74, 6) is 0.683. The van der Waals surface area contributed by atoms with E-state index in [1.54, 1.807) is 11.8 Å². The van der Waals surface area contributed by atoms with Gasteiger partial charge in [-0.3, -0.25) is 10.4 Å². The van der Waals surface area contributed by atoms with Gasteiger partial charge in [0.1, 0.15) is 0 Å². The van der Waals surface area contributed by atoms with Crippen molar-refractivity contribution >= 4 is 24.2 Å². The molecule has 2 heterocycles. The fourth-order valence-electron chi connectivity index (χ4n) is 3.03. The molecule has 2 atom stereocenters. The SMILES string of the molecule is CC1CCCC(C)N1[n+]1[n-]oc(=N)c1CSc1ccccc1.Cl. The average molecular weight is 355 g/mol. The van der Waals surface area contributed by atoms with Crippen molar-refractivity contribution in [2.24, 2.45) is 0 Å². The molecule has 2 unspecified atom stereocenters. The first-order chi connectivity index (χ1) is 10.7. The van der Waals surface area contributed by atoms with E-state index in [2.05, 4.69) is 36.3 Å². The highest BCUT2D eigenvalue weighted by Crippen LogP contribution is 2.21. The highest BCUT2D eigenvalue weighted by Gasteiger charge is 2.29. The van der Waals surface area contributed by atoms with Crippen molar-refractivity contribution in [3.8, 4) is 0 Å². The Kier molecular flexibility index (Phi) is 6.18. The van der Waals surface area contributed by atoms with Crippen molar-refractivity contribution in [1.29, 1.82) is 5.41 Å². The maximum absolute atomic E-state index is 8.02. The van der Waals surface area contributed by atoms with E-state index < -0.39 is 0 Å². The molecule has 1 aromatic heterocycles. The second kappa shape index (κ2) is 7.93. The van der Waals surface area contributed by atoms with Crippen LogP contribution in [0.1, 0.15) is 38.8 Å². The monoisotopic (exact) mass is 354 g/mol. The molecule has 3 rings (SSSR count). The molecule has 1 aliphatic heterocycles. The first-order valence-electron chi connectivity index (χ1n) is 7.75. The lowest BCUT2D eigenvalue weighted by atomic mass is 10.00. The molecule has 0 spiro atoms. The third-order valence-corrected chi connectivity index (χ3v) is 5.22. The maximum atomic E-state index is 8.02. The van der Waals surface area contributed by atoms with Gasteiger partial charge in [0.2, 0.25) is 0 Å². The van der Waals surface area contributed by atoms with E-state index in [-0.39, 0.29) is 18.0 Å². The summed E-state index contributed by atoms with van der Waals surface area (Å²) in [7, 11) is 0. The zero-order valence-electron chi connectivity index (χ0n) is 13.4. The Morgan fingerprint density at radius 2 is 1.91 bits per heavy atom. The van der Waals surface area contributed by atoms with Crippen LogP contribution >= 0.6 is 24.2 Å². The third-order valence-electron chi connectivity index (χ3n) is 4.20. The van der Waals surface area contributed by atoms with Crippen LogP contribution in [0.5, 0.6) is 0 Å². The normalized spacial score (nSPS) is 21.0. The molecule has 7 heteroatoms. The number of rotatable bonds is 4. The van der Waals surface area contributed by atoms with E-state index in [0.717, 1.165) is 18.5 Å². The van der Waals surface area contributed by atoms with E-state index >= 15 is 0 Å². The molecule has 1 saturated heterocycles. The number of nitrogens with zero attached hydrogens (tertiary/aromatic N) is 3. The number of thioether (sulfide) groups is 1. The van der Waals surface area contributed by atoms with Crippen LogP contribution in [0.25, 0.3) is 0 Å². The second-order valence-corrected chi connectivity index (χ2v) is 6.90. The van der Waals surface area contributed by atoms with Gasteiger partial charge in [0.05, 0.1) is 5.75 Å². The summed E-state index contributed by atoms with van der Waals surface area (Å²) >= 11 is 1.71. The van der Waals surface area contributed by atoms with Crippen LogP contribution in [0, 0.1) is 5.41 Å². The van der Waals surface area contributed by atoms with Crippen molar-refractivity contribution in [3.05, 3.63) is 41.6 Å². The highest BCUT2D eigenvalue weighted by atomic mass is 35.5. The van der Waals surface area contributed by atoms with E-state index in [4.69, 9.17) is 9.93 Å². The predicted octanol–water partition coefficient (Wildman–Crippen LogP) is 2.62. The van der Waals surface area contributed by atoms with Gasteiger partial charge < -0.3 is 4.52 Å². The molecule has 0 aliphatic carbocycles. The fourth-order valence-corrected chi connectivity index (χ4v) is 3.93. The first-order valence-corrected chi connectivity index (χ1v) is 8.74. The summed E-state index contributed by atoms with van der Waals surface area (Å²) in [6, 6.07) is 11.1. The van der Waals surface area contributed by atoms with E-state index in [1.807, 2.05) is 23.0 Å². The number of aromatic nitrogens is 2. The molecule has 0 radical (unpaired) electrons. The summed E-state index contributed by atoms with van der Waals surface area (Å²) in [5.41, 5.74) is 0.989. The number of halogens is 1. The summed E-state index contributed by atoms with van der Waals surface area (Å²) in [5, 5.41) is 14.4. The van der Waals surface area contributed by atoms with Gasteiger partial charge in [-0.25, -0.2) is 0 Å². The summed E-state index contributed by atoms with van der Waals surface area (Å²) in [6.45, 7) is 4.43. The third kappa shape index (κ3) is 3.93. The molecular formula is C16H23ClN4OS. The lowest BCUT2D eigenvalue weighted by molar-refractivity contribution is -0.776. The van der Waals surface area contributed by atoms with Gasteiger partial charge in [-0.15, -0.1) is 24.2 Å². The smallest absolute Gasteiger partial charge is 0.290 e. The largest absolute Gasteiger partial charge is 0.380 e. The minimum Gasteiger partial charge on any atom is -0.380 e. The van der Waals surface area contributed by atoms with Gasteiger partial charge >= 0.3 is 0 Å². The predicted molar refractivity (Wildman–Crippen MR) is 92.3 cm³/mol. The first kappa shape index (κ1) is 17.9. The van der Waals surface area contributed by atoms with Crippen molar-refractivity contribution < 1.29 is 9.31 Å². The molecule has 5 nitrogen and oxygen atoms in total. The topological polar surface area (TPSA) is 58.2 Å². The second-order valence-electron chi connectivity index (χ2n) is 5.85. The molecule has 126 valence electrons. The zero-order chi connectivity index (χ0) is 15.5. The molecule has 23 heavy (non-hydrogen) atoms. The molecule has 1 N–H and O–H groups in total. The lowest BCUT2D eigenvalue weighted by Crippen LogP contribution is -2.70. The lowest BCUT2D eigenvalue weighted by Gasteiger charge is -2.39. The van der Waals surface area contributed by atoms with E-state index in [9.17, 15) is 0 Å². The molecule has 1 fully saturated rings. The van der Waals surface area contributed by atoms with Gasteiger partial charge in [-0.05, 0) is 30.2 Å². The van der Waals surface area contributed by atoms with Gasteiger partial charge in [-0.1, -0.05) is 43.3 Å². The van der Waals surface area contributed by atoms with Crippen LogP contribution in [0.2, 0.25) is 0 Å². The fraction of sp³-hybridized carbons (Fsp3) is 0.500. The van der Waals surface area contributed by atoms with Gasteiger partial charge in [0, 0.05) is 17.0 Å². The van der Waals surface area contributed by atoms with Crippen LogP contribution < -0.4 is 20.6 Å². The summed E-state index contributed by atoms with van der Waals surface area (Å²) in [4.78, 5) is 3.02. The minimum absolute atomic E-state index is 0. The number of nitrogens with one attached hydrogen (secondary N) is 1. The molecule has 2 aromatic rings. The van der Waals surface area contributed by atoms with Crippen molar-refractivity contribution in [3.63, 3.8) is 0 Å². The Labute approximate surface area is 146 Å². The zero-order valence-corrected chi connectivity index (χ0v) is 15.1. The Bertz CT molecular complexity index is 662. The highest BCUT2D eigenvalue weighted by molar-refractivity contribution is 7.98. The number of hydrogen-bond donors (Lipinski definition) is 1. The van der Waals surface area contributed by atoms with E-state index in [1.165, 1.54) is 11.3 Å². The molecule has 0 saturated carbocycles. The number of hydrogen-bond acceptors (Lipinski definition) is 4. The Balaban J connectivity index is 0.00000192. The molecule has 0 amide bonds.